The minimum absolute atomic E-state index is 0.136. The molecule has 0 aliphatic carbocycles. The van der Waals surface area contributed by atoms with Crippen molar-refractivity contribution in [2.24, 2.45) is 4.74 Å². The smallest absolute Gasteiger partial charge is 0.423 e. The third-order valence-corrected chi connectivity index (χ3v) is 7.08. The molecule has 11 heteroatoms. The van der Waals surface area contributed by atoms with Crippen LogP contribution in [0.2, 0.25) is 0 Å². The molecule has 0 aromatic heterocycles. The Morgan fingerprint density at radius 3 is 2.45 bits per heavy atom. The van der Waals surface area contributed by atoms with E-state index in [1.54, 1.807) is 24.3 Å². The molecule has 0 fully saturated rings. The summed E-state index contributed by atoms with van der Waals surface area (Å²) in [6, 6.07) is 6.58. The van der Waals surface area contributed by atoms with E-state index >= 15 is 0 Å². The summed E-state index contributed by atoms with van der Waals surface area (Å²) in [6.45, 7) is 0. The molecule has 0 amide bonds. The van der Waals surface area contributed by atoms with Gasteiger partial charge in [-0.3, -0.25) is 9.54 Å². The first-order chi connectivity index (χ1) is 9.45. The van der Waals surface area contributed by atoms with Crippen molar-refractivity contribution in [3.05, 3.63) is 29.8 Å². The van der Waals surface area contributed by atoms with Gasteiger partial charge in [0.2, 0.25) is 0 Å². The molecule has 0 bridgehead atoms. The highest BCUT2D eigenvalue weighted by Gasteiger charge is 2.21. The topological polar surface area (TPSA) is 69.9 Å². The lowest BCUT2D eigenvalue weighted by molar-refractivity contribution is -0.112. The summed E-state index contributed by atoms with van der Waals surface area (Å²) in [5.74, 6) is 0. The van der Waals surface area contributed by atoms with Crippen LogP contribution in [0.1, 0.15) is 5.56 Å². The van der Waals surface area contributed by atoms with Gasteiger partial charge in [-0.05, 0) is 19.0 Å². The van der Waals surface area contributed by atoms with E-state index in [-0.39, 0.29) is 11.6 Å². The average Bonchev–Trinajstić information content (AvgIpc) is 2.43. The van der Waals surface area contributed by atoms with Gasteiger partial charge in [0.05, 0.1) is 0 Å². The molecule has 2 N–H and O–H groups in total. The highest BCUT2D eigenvalue weighted by Crippen LogP contribution is 2.55. The molecular formula is C9H16BNO3P6. The number of hydrogen-bond acceptors (Lipinski definition) is 4. The lowest BCUT2D eigenvalue weighted by Crippen LogP contribution is -2.29. The monoisotopic (exact) mass is 383 g/mol. The van der Waals surface area contributed by atoms with Crippen LogP contribution in [0.3, 0.4) is 0 Å². The molecule has 0 aliphatic heterocycles. The molecule has 20 heavy (non-hydrogen) atoms. The first-order valence-electron chi connectivity index (χ1n) is 5.59. The standard InChI is InChI=1S/C9H16BNO3P6/c12-9(20(16)17)8(11-18-19-15)5-6-1-3-7(4-2-6)10(13)14/h1-4,8,13-14,19H,5,15-17H2/t8-/m0/s1. The average molecular weight is 383 g/mol. The summed E-state index contributed by atoms with van der Waals surface area (Å²) < 4.78 is 4.42. The second kappa shape index (κ2) is 10.0. The molecule has 0 saturated heterocycles. The van der Waals surface area contributed by atoms with Crippen LogP contribution in [0.5, 0.6) is 0 Å². The molecule has 108 valence electrons. The number of hydrogen-bond donors (Lipinski definition) is 2. The van der Waals surface area contributed by atoms with Crippen LogP contribution in [0.25, 0.3) is 0 Å². The lowest BCUT2D eigenvalue weighted by Gasteiger charge is -2.13. The largest absolute Gasteiger partial charge is 0.488 e. The second-order valence-electron chi connectivity index (χ2n) is 3.93. The van der Waals surface area contributed by atoms with Gasteiger partial charge in [-0.2, -0.15) is 0 Å². The van der Waals surface area contributed by atoms with Gasteiger partial charge in [-0.25, -0.2) is 0 Å². The Morgan fingerprint density at radius 2 is 2.00 bits per heavy atom. The summed E-state index contributed by atoms with van der Waals surface area (Å²) in [7, 11) is 6.92. The number of benzene rings is 1. The van der Waals surface area contributed by atoms with E-state index in [2.05, 4.69) is 31.5 Å². The molecule has 0 saturated carbocycles. The highest BCUT2D eigenvalue weighted by atomic mass is 32.4. The Bertz CT molecular complexity index is 469. The maximum Gasteiger partial charge on any atom is 0.488 e. The molecule has 0 spiro atoms. The molecule has 0 radical (unpaired) electrons. The zero-order chi connectivity index (χ0) is 15.1. The van der Waals surface area contributed by atoms with Crippen LogP contribution >= 0.6 is 50.1 Å². The minimum atomic E-state index is -1.46. The van der Waals surface area contributed by atoms with Gasteiger partial charge in [0.1, 0.15) is 6.04 Å². The van der Waals surface area contributed by atoms with Crippen molar-refractivity contribution in [1.29, 1.82) is 0 Å². The molecule has 0 aliphatic rings. The highest BCUT2D eigenvalue weighted by molar-refractivity contribution is 8.50. The van der Waals surface area contributed by atoms with Crippen LogP contribution in [0, 0.1) is 0 Å². The van der Waals surface area contributed by atoms with E-state index in [0.717, 1.165) is 13.6 Å². The Balaban J connectivity index is 2.83. The molecule has 5 atom stereocenters. The van der Waals surface area contributed by atoms with Gasteiger partial charge in [-0.1, -0.05) is 42.1 Å². The van der Waals surface area contributed by atoms with Crippen molar-refractivity contribution in [1.82, 2.24) is 0 Å². The third kappa shape index (κ3) is 6.49. The van der Waals surface area contributed by atoms with Gasteiger partial charge < -0.3 is 10.0 Å². The minimum Gasteiger partial charge on any atom is -0.423 e. The second-order valence-corrected chi connectivity index (χ2v) is 14.7. The summed E-state index contributed by atoms with van der Waals surface area (Å²) in [4.78, 5) is 12.1. The number of rotatable bonds is 7. The van der Waals surface area contributed by atoms with Crippen LogP contribution < -0.4 is 5.46 Å². The Hall–Kier alpha value is 1.12. The number of carbonyl (C=O) groups is 1. The molecule has 4 nitrogen and oxygen atoms in total. The van der Waals surface area contributed by atoms with E-state index < -0.39 is 14.4 Å². The van der Waals surface area contributed by atoms with E-state index in [1.807, 2.05) is 0 Å². The Morgan fingerprint density at radius 1 is 1.40 bits per heavy atom. The summed E-state index contributed by atoms with van der Waals surface area (Å²) >= 11 is 0. The fourth-order valence-electron chi connectivity index (χ4n) is 1.50. The Kier molecular flexibility index (Phi) is 9.59. The predicted octanol–water partition coefficient (Wildman–Crippen LogP) is 2.38. The zero-order valence-electron chi connectivity index (χ0n) is 10.5. The molecule has 1 rings (SSSR count). The third-order valence-electron chi connectivity index (χ3n) is 2.50. The van der Waals surface area contributed by atoms with E-state index in [1.165, 1.54) is 0 Å². The van der Waals surface area contributed by atoms with Crippen LogP contribution in [-0.4, -0.2) is 28.7 Å². The first-order valence-corrected chi connectivity index (χ1v) is 14.7. The van der Waals surface area contributed by atoms with Gasteiger partial charge >= 0.3 is 7.12 Å². The molecule has 1 aromatic rings. The van der Waals surface area contributed by atoms with Gasteiger partial charge in [0, 0.05) is 21.8 Å². The quantitative estimate of drug-likeness (QED) is 0.562. The Labute approximate surface area is 130 Å². The van der Waals surface area contributed by atoms with Crippen molar-refractivity contribution < 1.29 is 14.8 Å². The van der Waals surface area contributed by atoms with Crippen molar-refractivity contribution in [2.75, 3.05) is 0 Å². The van der Waals surface area contributed by atoms with E-state index in [0.29, 0.717) is 19.8 Å². The first kappa shape index (κ1) is 19.2. The fraction of sp³-hybridized carbons (Fsp3) is 0.222. The van der Waals surface area contributed by atoms with Crippen molar-refractivity contribution in [3.8, 4) is 0 Å². The number of nitrogens with zero attached hydrogens (tertiary/aromatic N) is 1. The van der Waals surface area contributed by atoms with Gasteiger partial charge in [0.25, 0.3) is 0 Å². The van der Waals surface area contributed by atoms with Crippen LogP contribution in [-0.2, 0) is 11.2 Å². The predicted molar refractivity (Wildman–Crippen MR) is 102 cm³/mol. The van der Waals surface area contributed by atoms with Crippen LogP contribution in [0.15, 0.2) is 29.0 Å². The summed E-state index contributed by atoms with van der Waals surface area (Å²) in [5, 5.41) is 18.1. The molecular weight excluding hydrogens is 367 g/mol. The molecule has 4 unspecified atom stereocenters. The summed E-state index contributed by atoms with van der Waals surface area (Å²) in [6.07, 6.45) is 0.546. The van der Waals surface area contributed by atoms with Crippen molar-refractivity contribution in [2.45, 2.75) is 12.5 Å². The van der Waals surface area contributed by atoms with E-state index in [4.69, 9.17) is 10.0 Å². The number of carbonyl (C=O) groups excluding carboxylic acids is 1. The SMILES string of the molecule is O=C([C@H](Cc1ccc(B(O)O)cc1)/N=P/PP)P(P)P. The maximum atomic E-state index is 12.1. The fourth-order valence-corrected chi connectivity index (χ4v) is 4.73. The molecule has 1 aromatic carbocycles. The van der Waals surface area contributed by atoms with Crippen molar-refractivity contribution >= 4 is 68.2 Å². The summed E-state index contributed by atoms with van der Waals surface area (Å²) in [5.41, 5.74) is 1.54. The molecule has 0 heterocycles. The van der Waals surface area contributed by atoms with Gasteiger partial charge in [0.15, 0.2) is 5.52 Å². The zero-order valence-corrected chi connectivity index (χ0v) is 16.8. The lowest BCUT2D eigenvalue weighted by atomic mass is 9.80. The van der Waals surface area contributed by atoms with Gasteiger partial charge in [-0.15, -0.1) is 8.93 Å². The van der Waals surface area contributed by atoms with Crippen LogP contribution in [0.4, 0.5) is 0 Å². The van der Waals surface area contributed by atoms with E-state index in [9.17, 15) is 4.79 Å². The normalized spacial score (nSPS) is 13.5. The maximum absolute atomic E-state index is 12.1. The van der Waals surface area contributed by atoms with Crippen molar-refractivity contribution in [3.63, 3.8) is 0 Å².